The molecule has 0 radical (unpaired) electrons. The van der Waals surface area contributed by atoms with Gasteiger partial charge in [-0.2, -0.15) is 0 Å². The number of hydrogen-bond acceptors (Lipinski definition) is 3. The molecule has 11 heavy (non-hydrogen) atoms. The van der Waals surface area contributed by atoms with Gasteiger partial charge in [0.2, 0.25) is 0 Å². The quantitative estimate of drug-likeness (QED) is 0.644. The molecule has 0 aromatic carbocycles. The standard InChI is InChI=1S/C8H17NO2/c1-7(10-2)5-9-8-3-4-11-6-8/h7-9H,3-6H2,1-2H3. The van der Waals surface area contributed by atoms with Crippen molar-refractivity contribution in [1.82, 2.24) is 5.32 Å². The third-order valence-electron chi connectivity index (χ3n) is 2.03. The maximum Gasteiger partial charge on any atom is 0.0667 e. The molecule has 0 bridgehead atoms. The summed E-state index contributed by atoms with van der Waals surface area (Å²) in [4.78, 5) is 0. The normalized spacial score (nSPS) is 27.3. The first-order chi connectivity index (χ1) is 5.33. The largest absolute Gasteiger partial charge is 0.380 e. The molecule has 66 valence electrons. The van der Waals surface area contributed by atoms with Crippen molar-refractivity contribution in [3.63, 3.8) is 0 Å². The van der Waals surface area contributed by atoms with E-state index in [1.54, 1.807) is 7.11 Å². The van der Waals surface area contributed by atoms with Gasteiger partial charge in [0.25, 0.3) is 0 Å². The predicted octanol–water partition coefficient (Wildman–Crippen LogP) is 0.400. The molecule has 0 amide bonds. The van der Waals surface area contributed by atoms with Crippen LogP contribution in [-0.4, -0.2) is 39.0 Å². The van der Waals surface area contributed by atoms with Crippen LogP contribution in [0.2, 0.25) is 0 Å². The minimum atomic E-state index is 0.301. The fourth-order valence-corrected chi connectivity index (χ4v) is 1.11. The monoisotopic (exact) mass is 159 g/mol. The average Bonchev–Trinajstić information content (AvgIpc) is 2.52. The van der Waals surface area contributed by atoms with Crippen LogP contribution in [0.25, 0.3) is 0 Å². The Balaban J connectivity index is 2.01. The highest BCUT2D eigenvalue weighted by atomic mass is 16.5. The van der Waals surface area contributed by atoms with Crippen molar-refractivity contribution in [2.45, 2.75) is 25.5 Å². The maximum absolute atomic E-state index is 5.22. The Morgan fingerprint density at radius 2 is 2.55 bits per heavy atom. The zero-order valence-corrected chi connectivity index (χ0v) is 7.30. The number of rotatable bonds is 4. The van der Waals surface area contributed by atoms with E-state index in [0.29, 0.717) is 12.1 Å². The van der Waals surface area contributed by atoms with Crippen LogP contribution in [0.3, 0.4) is 0 Å². The Bertz CT molecular complexity index is 102. The van der Waals surface area contributed by atoms with Crippen LogP contribution in [0.15, 0.2) is 0 Å². The van der Waals surface area contributed by atoms with Crippen LogP contribution in [0.1, 0.15) is 13.3 Å². The van der Waals surface area contributed by atoms with Crippen LogP contribution < -0.4 is 5.32 Å². The van der Waals surface area contributed by atoms with Gasteiger partial charge in [-0.1, -0.05) is 0 Å². The molecule has 2 atom stereocenters. The molecule has 3 heteroatoms. The zero-order valence-electron chi connectivity index (χ0n) is 7.30. The molecule has 0 aromatic rings. The van der Waals surface area contributed by atoms with E-state index in [9.17, 15) is 0 Å². The second kappa shape index (κ2) is 4.70. The first-order valence-electron chi connectivity index (χ1n) is 4.17. The molecule has 1 rings (SSSR count). The zero-order chi connectivity index (χ0) is 8.10. The summed E-state index contributed by atoms with van der Waals surface area (Å²) in [5.41, 5.74) is 0. The molecule has 1 aliphatic rings. The lowest BCUT2D eigenvalue weighted by Crippen LogP contribution is -2.35. The highest BCUT2D eigenvalue weighted by Gasteiger charge is 2.14. The Morgan fingerprint density at radius 3 is 3.09 bits per heavy atom. The van der Waals surface area contributed by atoms with E-state index in [0.717, 1.165) is 26.2 Å². The molecule has 2 unspecified atom stereocenters. The van der Waals surface area contributed by atoms with Crippen molar-refractivity contribution in [2.75, 3.05) is 26.9 Å². The highest BCUT2D eigenvalue weighted by Crippen LogP contribution is 2.02. The third kappa shape index (κ3) is 3.18. The van der Waals surface area contributed by atoms with Crippen molar-refractivity contribution in [1.29, 1.82) is 0 Å². The summed E-state index contributed by atoms with van der Waals surface area (Å²) in [5, 5.41) is 3.38. The van der Waals surface area contributed by atoms with Crippen LogP contribution >= 0.6 is 0 Å². The number of nitrogens with one attached hydrogen (secondary N) is 1. The molecule has 1 N–H and O–H groups in total. The van der Waals surface area contributed by atoms with E-state index >= 15 is 0 Å². The van der Waals surface area contributed by atoms with Gasteiger partial charge >= 0.3 is 0 Å². The molecule has 3 nitrogen and oxygen atoms in total. The van der Waals surface area contributed by atoms with Gasteiger partial charge in [0.05, 0.1) is 12.7 Å². The molecule has 1 heterocycles. The molecular weight excluding hydrogens is 142 g/mol. The summed E-state index contributed by atoms with van der Waals surface area (Å²) < 4.78 is 10.3. The predicted molar refractivity (Wildman–Crippen MR) is 43.7 cm³/mol. The fourth-order valence-electron chi connectivity index (χ4n) is 1.11. The van der Waals surface area contributed by atoms with Crippen LogP contribution in [-0.2, 0) is 9.47 Å². The van der Waals surface area contributed by atoms with Crippen molar-refractivity contribution in [2.24, 2.45) is 0 Å². The number of ether oxygens (including phenoxy) is 2. The van der Waals surface area contributed by atoms with Gasteiger partial charge in [0.15, 0.2) is 0 Å². The summed E-state index contributed by atoms with van der Waals surface area (Å²) in [7, 11) is 1.73. The molecule has 0 saturated carbocycles. The number of methoxy groups -OCH3 is 1. The first-order valence-corrected chi connectivity index (χ1v) is 4.17. The van der Waals surface area contributed by atoms with E-state index in [1.165, 1.54) is 0 Å². The second-order valence-corrected chi connectivity index (χ2v) is 3.02. The Labute approximate surface area is 68.1 Å². The first kappa shape index (κ1) is 8.97. The molecular formula is C8H17NO2. The fraction of sp³-hybridized carbons (Fsp3) is 1.00. The maximum atomic E-state index is 5.22. The summed E-state index contributed by atoms with van der Waals surface area (Å²) in [6.45, 7) is 4.74. The van der Waals surface area contributed by atoms with Crippen molar-refractivity contribution >= 4 is 0 Å². The van der Waals surface area contributed by atoms with Gasteiger partial charge in [-0.15, -0.1) is 0 Å². The van der Waals surface area contributed by atoms with Crippen molar-refractivity contribution in [3.8, 4) is 0 Å². The smallest absolute Gasteiger partial charge is 0.0667 e. The van der Waals surface area contributed by atoms with Gasteiger partial charge in [0.1, 0.15) is 0 Å². The molecule has 1 fully saturated rings. The van der Waals surface area contributed by atoms with Crippen molar-refractivity contribution in [3.05, 3.63) is 0 Å². The van der Waals surface area contributed by atoms with Gasteiger partial charge in [-0.25, -0.2) is 0 Å². The lowest BCUT2D eigenvalue weighted by atomic mass is 10.2. The third-order valence-corrected chi connectivity index (χ3v) is 2.03. The lowest BCUT2D eigenvalue weighted by molar-refractivity contribution is 0.112. The van der Waals surface area contributed by atoms with E-state index < -0.39 is 0 Å². The van der Waals surface area contributed by atoms with Crippen LogP contribution in [0, 0.1) is 0 Å². The summed E-state index contributed by atoms with van der Waals surface area (Å²) in [6.07, 6.45) is 1.44. The van der Waals surface area contributed by atoms with Gasteiger partial charge < -0.3 is 14.8 Å². The van der Waals surface area contributed by atoms with E-state index in [2.05, 4.69) is 12.2 Å². The van der Waals surface area contributed by atoms with E-state index in [-0.39, 0.29) is 0 Å². The summed E-state index contributed by atoms with van der Waals surface area (Å²) >= 11 is 0. The summed E-state index contributed by atoms with van der Waals surface area (Å²) in [5.74, 6) is 0. The Kier molecular flexibility index (Phi) is 3.83. The van der Waals surface area contributed by atoms with Crippen LogP contribution in [0.5, 0.6) is 0 Å². The SMILES string of the molecule is COC(C)CNC1CCOC1. The van der Waals surface area contributed by atoms with E-state index in [4.69, 9.17) is 9.47 Å². The Morgan fingerprint density at radius 1 is 1.73 bits per heavy atom. The molecule has 0 aliphatic carbocycles. The van der Waals surface area contributed by atoms with Gasteiger partial charge in [0, 0.05) is 26.3 Å². The number of hydrogen-bond donors (Lipinski definition) is 1. The second-order valence-electron chi connectivity index (χ2n) is 3.02. The molecule has 1 saturated heterocycles. The van der Waals surface area contributed by atoms with Crippen molar-refractivity contribution < 1.29 is 9.47 Å². The minimum absolute atomic E-state index is 0.301. The summed E-state index contributed by atoms with van der Waals surface area (Å²) in [6, 6.07) is 0.549. The average molecular weight is 159 g/mol. The van der Waals surface area contributed by atoms with Gasteiger partial charge in [-0.05, 0) is 13.3 Å². The highest BCUT2D eigenvalue weighted by molar-refractivity contribution is 4.71. The van der Waals surface area contributed by atoms with E-state index in [1.807, 2.05) is 0 Å². The molecule has 0 aromatic heterocycles. The lowest BCUT2D eigenvalue weighted by Gasteiger charge is -2.14. The molecule has 1 aliphatic heterocycles. The van der Waals surface area contributed by atoms with Crippen LogP contribution in [0.4, 0.5) is 0 Å². The minimum Gasteiger partial charge on any atom is -0.380 e. The molecule has 0 spiro atoms. The van der Waals surface area contributed by atoms with Gasteiger partial charge in [-0.3, -0.25) is 0 Å². The Hall–Kier alpha value is -0.120. The topological polar surface area (TPSA) is 30.5 Å².